The minimum atomic E-state index is -0.275. The molecule has 0 radical (unpaired) electrons. The molecule has 0 aromatic carbocycles. The van der Waals surface area contributed by atoms with Crippen LogP contribution < -0.4 is 15.8 Å². The van der Waals surface area contributed by atoms with Crippen molar-refractivity contribution in [3.63, 3.8) is 0 Å². The fraction of sp³-hybridized carbons (Fsp3) is 0.556. The Bertz CT molecular complexity index is 278. The van der Waals surface area contributed by atoms with Crippen LogP contribution in [0.25, 0.3) is 0 Å². The minimum absolute atomic E-state index is 0.275. The maximum atomic E-state index is 5.80. The molecule has 14 heavy (non-hydrogen) atoms. The summed E-state index contributed by atoms with van der Waals surface area (Å²) in [5, 5.41) is 3.03. The average Bonchev–Trinajstić information content (AvgIpc) is 2.14. The van der Waals surface area contributed by atoms with Gasteiger partial charge in [-0.2, -0.15) is 0 Å². The van der Waals surface area contributed by atoms with E-state index in [1.165, 1.54) is 0 Å². The van der Waals surface area contributed by atoms with E-state index in [1.807, 2.05) is 13.8 Å². The average molecular weight is 196 g/mol. The van der Waals surface area contributed by atoms with Crippen molar-refractivity contribution < 1.29 is 4.74 Å². The van der Waals surface area contributed by atoms with Crippen LogP contribution in [0, 0.1) is 0 Å². The fourth-order valence-electron chi connectivity index (χ4n) is 0.820. The zero-order chi connectivity index (χ0) is 10.6. The molecule has 1 aromatic heterocycles. The monoisotopic (exact) mass is 196 g/mol. The molecule has 0 amide bonds. The quantitative estimate of drug-likeness (QED) is 0.739. The number of nitrogens with one attached hydrogen (secondary N) is 1. The van der Waals surface area contributed by atoms with E-state index in [-0.39, 0.29) is 5.54 Å². The Hall–Kier alpha value is -1.36. The van der Waals surface area contributed by atoms with Gasteiger partial charge >= 0.3 is 0 Å². The lowest BCUT2D eigenvalue weighted by atomic mass is 10.1. The Kier molecular flexibility index (Phi) is 3.24. The zero-order valence-corrected chi connectivity index (χ0v) is 8.74. The molecule has 0 spiro atoms. The van der Waals surface area contributed by atoms with Crippen molar-refractivity contribution in [1.82, 2.24) is 9.97 Å². The van der Waals surface area contributed by atoms with Crippen molar-refractivity contribution in [3.05, 3.63) is 12.4 Å². The van der Waals surface area contributed by atoms with E-state index in [0.29, 0.717) is 18.2 Å². The first kappa shape index (κ1) is 10.7. The highest BCUT2D eigenvalue weighted by Crippen LogP contribution is 2.07. The molecule has 1 aromatic rings. The molecular weight excluding hydrogens is 180 g/mol. The minimum Gasteiger partial charge on any atom is -0.494 e. The molecule has 0 fully saturated rings. The van der Waals surface area contributed by atoms with Crippen molar-refractivity contribution in [1.29, 1.82) is 0 Å². The summed E-state index contributed by atoms with van der Waals surface area (Å²) in [5.41, 5.74) is 5.52. The van der Waals surface area contributed by atoms with E-state index in [1.54, 1.807) is 19.5 Å². The molecule has 0 atom stereocenters. The lowest BCUT2D eigenvalue weighted by Crippen LogP contribution is -2.39. The summed E-state index contributed by atoms with van der Waals surface area (Å²) in [5.74, 6) is 1.20. The smallest absolute Gasteiger partial charge is 0.222 e. The molecule has 0 aliphatic heterocycles. The number of methoxy groups -OCH3 is 1. The molecule has 5 heteroatoms. The Morgan fingerprint density at radius 1 is 1.43 bits per heavy atom. The molecule has 0 aliphatic carbocycles. The normalized spacial score (nSPS) is 11.1. The summed E-state index contributed by atoms with van der Waals surface area (Å²) in [6, 6.07) is 0. The summed E-state index contributed by atoms with van der Waals surface area (Å²) in [7, 11) is 1.58. The highest BCUT2D eigenvalue weighted by molar-refractivity contribution is 5.27. The van der Waals surface area contributed by atoms with Gasteiger partial charge in [-0.25, -0.2) is 9.97 Å². The van der Waals surface area contributed by atoms with E-state index in [2.05, 4.69) is 15.3 Å². The highest BCUT2D eigenvalue weighted by Gasteiger charge is 2.10. The number of nitrogens with zero attached hydrogens (tertiary/aromatic N) is 2. The van der Waals surface area contributed by atoms with Gasteiger partial charge in [0.25, 0.3) is 0 Å². The second-order valence-electron chi connectivity index (χ2n) is 3.79. The van der Waals surface area contributed by atoms with Gasteiger partial charge in [0.1, 0.15) is 0 Å². The van der Waals surface area contributed by atoms with Gasteiger partial charge in [-0.3, -0.25) is 0 Å². The predicted octanol–water partition coefficient (Wildman–Crippen LogP) is 0.634. The molecule has 1 rings (SSSR count). The van der Waals surface area contributed by atoms with Crippen LogP contribution in [0.3, 0.4) is 0 Å². The summed E-state index contributed by atoms with van der Waals surface area (Å²) < 4.78 is 4.94. The Balaban J connectivity index is 2.52. The first-order valence-corrected chi connectivity index (χ1v) is 4.40. The highest BCUT2D eigenvalue weighted by atomic mass is 16.5. The topological polar surface area (TPSA) is 73.1 Å². The van der Waals surface area contributed by atoms with Crippen molar-refractivity contribution in [3.8, 4) is 5.75 Å². The van der Waals surface area contributed by atoms with E-state index in [4.69, 9.17) is 10.5 Å². The number of nitrogens with two attached hydrogens (primary N) is 1. The van der Waals surface area contributed by atoms with Gasteiger partial charge < -0.3 is 15.8 Å². The number of aromatic nitrogens is 2. The van der Waals surface area contributed by atoms with Crippen LogP contribution in [-0.4, -0.2) is 29.2 Å². The van der Waals surface area contributed by atoms with Crippen LogP contribution in [0.1, 0.15) is 13.8 Å². The second kappa shape index (κ2) is 4.23. The Labute approximate surface area is 83.7 Å². The Morgan fingerprint density at radius 3 is 2.43 bits per heavy atom. The molecule has 0 aliphatic rings. The van der Waals surface area contributed by atoms with Crippen molar-refractivity contribution in [2.75, 3.05) is 19.0 Å². The summed E-state index contributed by atoms with van der Waals surface area (Å²) in [6.07, 6.45) is 3.22. The molecule has 5 nitrogen and oxygen atoms in total. The molecule has 1 heterocycles. The van der Waals surface area contributed by atoms with Crippen LogP contribution >= 0.6 is 0 Å². The molecule has 0 saturated heterocycles. The largest absolute Gasteiger partial charge is 0.494 e. The summed E-state index contributed by atoms with van der Waals surface area (Å²) in [4.78, 5) is 8.10. The zero-order valence-electron chi connectivity index (χ0n) is 8.74. The van der Waals surface area contributed by atoms with E-state index in [9.17, 15) is 0 Å². The van der Waals surface area contributed by atoms with Gasteiger partial charge in [0, 0.05) is 12.1 Å². The third kappa shape index (κ3) is 3.57. The van der Waals surface area contributed by atoms with E-state index < -0.39 is 0 Å². The fourth-order valence-corrected chi connectivity index (χ4v) is 0.820. The second-order valence-corrected chi connectivity index (χ2v) is 3.79. The molecule has 78 valence electrons. The van der Waals surface area contributed by atoms with Crippen LogP contribution in [0.5, 0.6) is 5.75 Å². The summed E-state index contributed by atoms with van der Waals surface area (Å²) >= 11 is 0. The number of hydrogen-bond acceptors (Lipinski definition) is 5. The number of anilines is 1. The van der Waals surface area contributed by atoms with Crippen molar-refractivity contribution in [2.24, 2.45) is 5.73 Å². The molecular formula is C9H16N4O. The Morgan fingerprint density at radius 2 is 2.00 bits per heavy atom. The number of rotatable bonds is 4. The SMILES string of the molecule is COc1cnc(NCC(C)(C)N)nc1. The third-order valence-corrected chi connectivity index (χ3v) is 1.57. The third-order valence-electron chi connectivity index (χ3n) is 1.57. The predicted molar refractivity (Wildman–Crippen MR) is 55.3 cm³/mol. The summed E-state index contributed by atoms with van der Waals surface area (Å²) in [6.45, 7) is 4.49. The first-order chi connectivity index (χ1) is 6.51. The van der Waals surface area contributed by atoms with Gasteiger partial charge in [0.2, 0.25) is 5.95 Å². The molecule has 3 N–H and O–H groups in total. The van der Waals surface area contributed by atoms with Gasteiger partial charge in [0.05, 0.1) is 19.5 Å². The van der Waals surface area contributed by atoms with Crippen molar-refractivity contribution >= 4 is 5.95 Å². The van der Waals surface area contributed by atoms with Gasteiger partial charge in [-0.05, 0) is 13.8 Å². The maximum Gasteiger partial charge on any atom is 0.222 e. The molecule has 0 bridgehead atoms. The lowest BCUT2D eigenvalue weighted by Gasteiger charge is -2.18. The van der Waals surface area contributed by atoms with Crippen LogP contribution in [-0.2, 0) is 0 Å². The van der Waals surface area contributed by atoms with Gasteiger partial charge in [0.15, 0.2) is 5.75 Å². The maximum absolute atomic E-state index is 5.80. The van der Waals surface area contributed by atoms with Crippen LogP contribution in [0.2, 0.25) is 0 Å². The van der Waals surface area contributed by atoms with Gasteiger partial charge in [-0.15, -0.1) is 0 Å². The van der Waals surface area contributed by atoms with E-state index >= 15 is 0 Å². The number of ether oxygens (including phenoxy) is 1. The lowest BCUT2D eigenvalue weighted by molar-refractivity contribution is 0.411. The van der Waals surface area contributed by atoms with Crippen molar-refractivity contribution in [2.45, 2.75) is 19.4 Å². The molecule has 0 saturated carbocycles. The van der Waals surface area contributed by atoms with Crippen LogP contribution in [0.4, 0.5) is 5.95 Å². The van der Waals surface area contributed by atoms with E-state index in [0.717, 1.165) is 0 Å². The molecule has 0 unspecified atom stereocenters. The van der Waals surface area contributed by atoms with Gasteiger partial charge in [-0.1, -0.05) is 0 Å². The number of hydrogen-bond donors (Lipinski definition) is 2. The first-order valence-electron chi connectivity index (χ1n) is 4.40. The van der Waals surface area contributed by atoms with Crippen LogP contribution in [0.15, 0.2) is 12.4 Å². The standard InChI is InChI=1S/C9H16N4O/c1-9(2,10)6-13-8-11-4-7(14-3)5-12-8/h4-5H,6,10H2,1-3H3,(H,11,12,13).